The highest BCUT2D eigenvalue weighted by molar-refractivity contribution is 5.18. The van der Waals surface area contributed by atoms with Crippen molar-refractivity contribution in [2.75, 3.05) is 0 Å². The van der Waals surface area contributed by atoms with Gasteiger partial charge in [0, 0.05) is 5.56 Å². The molecule has 2 saturated heterocycles. The Morgan fingerprint density at radius 1 is 0.625 bits per heavy atom. The molecule has 0 unspecified atom stereocenters. The van der Waals surface area contributed by atoms with Crippen molar-refractivity contribution in [2.24, 2.45) is 0 Å². The van der Waals surface area contributed by atoms with Crippen LogP contribution in [-0.2, 0) is 36.9 Å². The predicted molar refractivity (Wildman–Crippen MR) is 120 cm³/mol. The Balaban J connectivity index is 1.33. The molecule has 6 atom stereocenters. The van der Waals surface area contributed by atoms with E-state index in [2.05, 4.69) is 12.1 Å². The van der Waals surface area contributed by atoms with Crippen molar-refractivity contribution in [1.29, 1.82) is 0 Å². The van der Waals surface area contributed by atoms with E-state index in [1.54, 1.807) is 0 Å². The lowest BCUT2D eigenvalue weighted by Crippen LogP contribution is -2.56. The number of hydrogen-bond acceptors (Lipinski definition) is 5. The summed E-state index contributed by atoms with van der Waals surface area (Å²) in [6.07, 6.45) is -2.19. The summed E-state index contributed by atoms with van der Waals surface area (Å²) >= 11 is 0. The van der Waals surface area contributed by atoms with E-state index in [0.717, 1.165) is 16.7 Å². The lowest BCUT2D eigenvalue weighted by Gasteiger charge is -2.40. The number of ether oxygens (including phenoxy) is 5. The van der Waals surface area contributed by atoms with E-state index in [9.17, 15) is 0 Å². The van der Waals surface area contributed by atoms with Gasteiger partial charge in [0.2, 0.25) is 0 Å². The van der Waals surface area contributed by atoms with Crippen LogP contribution in [0.25, 0.3) is 0 Å². The fourth-order valence-electron chi connectivity index (χ4n) is 4.24. The maximum absolute atomic E-state index is 6.40. The highest BCUT2D eigenvalue weighted by Gasteiger charge is 2.53. The van der Waals surface area contributed by atoms with Crippen LogP contribution in [0, 0.1) is 0 Å². The van der Waals surface area contributed by atoms with Crippen molar-refractivity contribution < 1.29 is 23.7 Å². The van der Waals surface area contributed by atoms with Crippen LogP contribution < -0.4 is 0 Å². The van der Waals surface area contributed by atoms with Gasteiger partial charge in [0.1, 0.15) is 18.3 Å². The Morgan fingerprint density at radius 2 is 1.16 bits per heavy atom. The van der Waals surface area contributed by atoms with Crippen molar-refractivity contribution in [3.8, 4) is 0 Å². The second-order valence-corrected chi connectivity index (χ2v) is 8.21. The van der Waals surface area contributed by atoms with Crippen molar-refractivity contribution in [3.63, 3.8) is 0 Å². The minimum Gasteiger partial charge on any atom is -0.368 e. The van der Waals surface area contributed by atoms with Crippen molar-refractivity contribution in [3.05, 3.63) is 108 Å². The molecule has 0 aliphatic carbocycles. The molecule has 32 heavy (non-hydrogen) atoms. The molecular formula is C27H28O5. The molecular weight excluding hydrogens is 404 g/mol. The van der Waals surface area contributed by atoms with Gasteiger partial charge in [-0.2, -0.15) is 0 Å². The third kappa shape index (κ3) is 4.77. The van der Waals surface area contributed by atoms with Gasteiger partial charge in [0.15, 0.2) is 12.6 Å². The number of rotatable bonds is 7. The Hall–Kier alpha value is -2.54. The van der Waals surface area contributed by atoms with Crippen molar-refractivity contribution in [2.45, 2.75) is 57.1 Å². The van der Waals surface area contributed by atoms with Gasteiger partial charge in [-0.3, -0.25) is 0 Å². The zero-order valence-electron chi connectivity index (χ0n) is 18.1. The first kappa shape index (κ1) is 21.3. The summed E-state index contributed by atoms with van der Waals surface area (Å²) in [4.78, 5) is 0. The van der Waals surface area contributed by atoms with E-state index in [1.165, 1.54) is 0 Å². The molecule has 0 radical (unpaired) electrons. The molecule has 0 aromatic heterocycles. The SMILES string of the molecule is C[C@@H]1O[C@@H](OCc2ccccc2)[C@@H]2O[C@@H](c3ccccc3)O[C@@H]2[C@H]1OCc1ccccc1. The molecule has 0 bridgehead atoms. The quantitative estimate of drug-likeness (QED) is 0.525. The van der Waals surface area contributed by atoms with Gasteiger partial charge < -0.3 is 23.7 Å². The number of fused-ring (bicyclic) bond motifs is 1. The molecule has 5 heteroatoms. The van der Waals surface area contributed by atoms with Crippen LogP contribution >= 0.6 is 0 Å². The van der Waals surface area contributed by atoms with Gasteiger partial charge in [-0.05, 0) is 18.1 Å². The molecule has 0 N–H and O–H groups in total. The molecule has 2 aliphatic rings. The Kier molecular flexibility index (Phi) is 6.62. The molecule has 3 aromatic rings. The first-order valence-electron chi connectivity index (χ1n) is 11.1. The van der Waals surface area contributed by atoms with Crippen LogP contribution in [-0.4, -0.2) is 30.7 Å². The van der Waals surface area contributed by atoms with Crippen LogP contribution in [0.4, 0.5) is 0 Å². The third-order valence-electron chi connectivity index (χ3n) is 5.90. The van der Waals surface area contributed by atoms with Crippen LogP contribution in [0.1, 0.15) is 29.9 Å². The van der Waals surface area contributed by atoms with E-state index in [0.29, 0.717) is 13.2 Å². The van der Waals surface area contributed by atoms with E-state index in [4.69, 9.17) is 23.7 Å². The summed E-state index contributed by atoms with van der Waals surface area (Å²) in [6.45, 7) is 2.93. The van der Waals surface area contributed by atoms with E-state index in [1.807, 2.05) is 85.8 Å². The first-order valence-corrected chi connectivity index (χ1v) is 11.1. The summed E-state index contributed by atoms with van der Waals surface area (Å²) in [5.74, 6) is 0. The molecule has 3 aromatic carbocycles. The van der Waals surface area contributed by atoms with E-state index in [-0.39, 0.29) is 24.4 Å². The van der Waals surface area contributed by atoms with Gasteiger partial charge in [-0.15, -0.1) is 0 Å². The molecule has 2 aliphatic heterocycles. The fourth-order valence-corrected chi connectivity index (χ4v) is 4.24. The van der Waals surface area contributed by atoms with Gasteiger partial charge >= 0.3 is 0 Å². The third-order valence-corrected chi connectivity index (χ3v) is 5.90. The molecule has 0 spiro atoms. The van der Waals surface area contributed by atoms with Crippen molar-refractivity contribution >= 4 is 0 Å². The van der Waals surface area contributed by atoms with Gasteiger partial charge in [-0.25, -0.2) is 0 Å². The zero-order chi connectivity index (χ0) is 21.8. The maximum atomic E-state index is 6.40. The summed E-state index contributed by atoms with van der Waals surface area (Å²) in [6, 6.07) is 30.1. The number of benzene rings is 3. The molecule has 2 fully saturated rings. The Bertz CT molecular complexity index is 965. The second kappa shape index (κ2) is 9.94. The summed E-state index contributed by atoms with van der Waals surface area (Å²) in [5, 5.41) is 0. The van der Waals surface area contributed by atoms with Crippen LogP contribution in [0.2, 0.25) is 0 Å². The van der Waals surface area contributed by atoms with Gasteiger partial charge in [0.05, 0.1) is 19.3 Å². The summed E-state index contributed by atoms with van der Waals surface area (Å²) in [5.41, 5.74) is 3.16. The maximum Gasteiger partial charge on any atom is 0.187 e. The lowest BCUT2D eigenvalue weighted by molar-refractivity contribution is -0.281. The van der Waals surface area contributed by atoms with Crippen LogP contribution in [0.3, 0.4) is 0 Å². The Labute approximate surface area is 188 Å². The summed E-state index contributed by atoms with van der Waals surface area (Å²) in [7, 11) is 0. The minimum atomic E-state index is -0.541. The zero-order valence-corrected chi connectivity index (χ0v) is 18.1. The molecule has 0 saturated carbocycles. The smallest absolute Gasteiger partial charge is 0.187 e. The van der Waals surface area contributed by atoms with Crippen LogP contribution in [0.5, 0.6) is 0 Å². The van der Waals surface area contributed by atoms with Gasteiger partial charge in [0.25, 0.3) is 0 Å². The highest BCUT2D eigenvalue weighted by atomic mass is 16.8. The second-order valence-electron chi connectivity index (χ2n) is 8.21. The van der Waals surface area contributed by atoms with Crippen LogP contribution in [0.15, 0.2) is 91.0 Å². The predicted octanol–water partition coefficient (Wildman–Crippen LogP) is 5.02. The monoisotopic (exact) mass is 432 g/mol. The normalized spacial score (nSPS) is 29.5. The first-order chi connectivity index (χ1) is 15.8. The van der Waals surface area contributed by atoms with Crippen molar-refractivity contribution in [1.82, 2.24) is 0 Å². The minimum absolute atomic E-state index is 0.209. The molecule has 166 valence electrons. The summed E-state index contributed by atoms with van der Waals surface area (Å²) < 4.78 is 31.5. The highest BCUT2D eigenvalue weighted by Crippen LogP contribution is 2.40. The Morgan fingerprint density at radius 3 is 1.78 bits per heavy atom. The fraction of sp³-hybridized carbons (Fsp3) is 0.333. The number of hydrogen-bond donors (Lipinski definition) is 0. The topological polar surface area (TPSA) is 46.2 Å². The molecule has 2 heterocycles. The average molecular weight is 433 g/mol. The van der Waals surface area contributed by atoms with E-state index >= 15 is 0 Å². The largest absolute Gasteiger partial charge is 0.368 e. The average Bonchev–Trinajstić information content (AvgIpc) is 3.29. The van der Waals surface area contributed by atoms with Gasteiger partial charge in [-0.1, -0.05) is 91.0 Å². The lowest BCUT2D eigenvalue weighted by atomic mass is 9.99. The molecule has 5 nitrogen and oxygen atoms in total. The molecule has 5 rings (SSSR count). The molecule has 0 amide bonds. The van der Waals surface area contributed by atoms with E-state index < -0.39 is 12.6 Å². The standard InChI is InChI=1S/C27H28O5/c1-19-23(28-17-20-11-5-2-6-12-20)24-25(32-26(31-24)22-15-9-4-10-16-22)27(30-19)29-18-21-13-7-3-8-14-21/h2-16,19,23-27H,17-18H2,1H3/t19-,23-,24+,25+,26-,27+/m0/s1.